The number of hydrogen-bond acceptors (Lipinski definition) is 3. The molecule has 1 aliphatic rings. The summed E-state index contributed by atoms with van der Waals surface area (Å²) in [6.45, 7) is 5.18. The lowest BCUT2D eigenvalue weighted by Crippen LogP contribution is -2.41. The minimum Gasteiger partial charge on any atom is -0.425 e. The number of nitrogen functional groups attached to an aromatic ring is 1. The van der Waals surface area contributed by atoms with Gasteiger partial charge in [0.25, 0.3) is 0 Å². The van der Waals surface area contributed by atoms with E-state index < -0.39 is 0 Å². The zero-order valence-electron chi connectivity index (χ0n) is 16.7. The third-order valence-corrected chi connectivity index (χ3v) is 5.53. The van der Waals surface area contributed by atoms with Gasteiger partial charge in [0.1, 0.15) is 11.3 Å². The van der Waals surface area contributed by atoms with Crippen LogP contribution in [0.15, 0.2) is 73.1 Å². The molecule has 0 fully saturated rings. The highest BCUT2D eigenvalue weighted by molar-refractivity contribution is 5.91. The topological polar surface area (TPSA) is 52.0 Å². The van der Waals surface area contributed by atoms with E-state index in [1.807, 2.05) is 22.8 Å². The smallest absolute Gasteiger partial charge is 0.306 e. The van der Waals surface area contributed by atoms with Crippen LogP contribution < -0.4 is 15.0 Å². The van der Waals surface area contributed by atoms with Crippen molar-refractivity contribution in [2.24, 2.45) is 5.92 Å². The summed E-state index contributed by atoms with van der Waals surface area (Å²) in [5, 5.41) is 2.25. The van der Waals surface area contributed by atoms with Gasteiger partial charge in [-0.25, -0.2) is 4.57 Å². The van der Waals surface area contributed by atoms with Crippen LogP contribution in [0, 0.1) is 5.92 Å². The highest BCUT2D eigenvalue weighted by Gasteiger charge is 2.36. The van der Waals surface area contributed by atoms with Gasteiger partial charge in [-0.1, -0.05) is 85.6 Å². The normalized spacial score (nSPS) is 15.1. The number of benzene rings is 3. The second-order valence-electron chi connectivity index (χ2n) is 8.05. The molecule has 1 aromatic heterocycles. The first-order valence-electron chi connectivity index (χ1n) is 10.1. The Morgan fingerprint density at radius 2 is 1.76 bits per heavy atom. The lowest BCUT2D eigenvalue weighted by atomic mass is 9.82. The van der Waals surface area contributed by atoms with Gasteiger partial charge in [-0.2, -0.15) is 0 Å². The van der Waals surface area contributed by atoms with Crippen molar-refractivity contribution in [3.05, 3.63) is 89.7 Å². The third-order valence-electron chi connectivity index (χ3n) is 5.53. The van der Waals surface area contributed by atoms with Crippen molar-refractivity contribution >= 4 is 16.6 Å². The Labute approximate surface area is 170 Å². The standard InChI is InChI=1S/C25H23N3O/c1-16(2)14-28-15-27-25-22(24(28)26)21(18-9-4-3-5-10-18)20-13-12-17-8-6-7-11-19(17)23(20)29-25/h3-13,15-16,21,26H,14H2,1-2H3/p+1/t21-/m1/s1. The van der Waals surface area contributed by atoms with Gasteiger partial charge >= 0.3 is 5.88 Å². The van der Waals surface area contributed by atoms with E-state index >= 15 is 0 Å². The molecule has 1 aliphatic heterocycles. The summed E-state index contributed by atoms with van der Waals surface area (Å²) >= 11 is 0. The minimum atomic E-state index is -0.0216. The van der Waals surface area contributed by atoms with E-state index in [9.17, 15) is 0 Å². The molecule has 2 N–H and O–H groups in total. The summed E-state index contributed by atoms with van der Waals surface area (Å²) in [6.07, 6.45) is 1.80. The molecule has 0 saturated carbocycles. The Morgan fingerprint density at radius 3 is 2.55 bits per heavy atom. The van der Waals surface area contributed by atoms with Gasteiger partial charge in [0, 0.05) is 10.9 Å². The van der Waals surface area contributed by atoms with Crippen LogP contribution in [0.3, 0.4) is 0 Å². The molecular weight excluding hydrogens is 358 g/mol. The summed E-state index contributed by atoms with van der Waals surface area (Å²) in [7, 11) is 0. The third kappa shape index (κ3) is 2.92. The van der Waals surface area contributed by atoms with Crippen LogP contribution in [0.2, 0.25) is 0 Å². The predicted octanol–water partition coefficient (Wildman–Crippen LogP) is 5.05. The zero-order valence-corrected chi connectivity index (χ0v) is 16.7. The van der Waals surface area contributed by atoms with E-state index in [2.05, 4.69) is 67.4 Å². The molecule has 1 atom stereocenters. The lowest BCUT2D eigenvalue weighted by molar-refractivity contribution is -0.691. The number of fused-ring (bicyclic) bond motifs is 4. The van der Waals surface area contributed by atoms with E-state index in [4.69, 9.17) is 10.5 Å². The van der Waals surface area contributed by atoms with Crippen molar-refractivity contribution in [2.75, 3.05) is 5.73 Å². The maximum Gasteiger partial charge on any atom is 0.306 e. The van der Waals surface area contributed by atoms with Gasteiger partial charge in [-0.05, 0) is 16.9 Å². The minimum absolute atomic E-state index is 0.0216. The van der Waals surface area contributed by atoms with Gasteiger partial charge < -0.3 is 10.5 Å². The monoisotopic (exact) mass is 382 g/mol. The van der Waals surface area contributed by atoms with Crippen LogP contribution in [0.4, 0.5) is 5.82 Å². The first-order valence-corrected chi connectivity index (χ1v) is 10.1. The number of rotatable bonds is 3. The fraction of sp³-hybridized carbons (Fsp3) is 0.200. The van der Waals surface area contributed by atoms with Gasteiger partial charge in [-0.3, -0.25) is 0 Å². The molecular formula is C25H24N3O+. The lowest BCUT2D eigenvalue weighted by Gasteiger charge is -2.28. The Balaban J connectivity index is 1.79. The average Bonchev–Trinajstić information content (AvgIpc) is 2.74. The van der Waals surface area contributed by atoms with Crippen molar-refractivity contribution in [3.63, 3.8) is 0 Å². The fourth-order valence-corrected chi connectivity index (χ4v) is 4.25. The number of nitrogens with two attached hydrogens (primary N) is 1. The SMILES string of the molecule is CC(C)C[n+]1cnc2c(c1N)[C@H](c1ccccc1)c1ccc3ccccc3c1O2. The van der Waals surface area contributed by atoms with E-state index in [0.717, 1.165) is 40.0 Å². The van der Waals surface area contributed by atoms with Crippen LogP contribution in [-0.4, -0.2) is 4.98 Å². The molecule has 0 radical (unpaired) electrons. The molecule has 0 amide bonds. The Hall–Kier alpha value is -3.40. The maximum atomic E-state index is 6.69. The first kappa shape index (κ1) is 17.7. The molecule has 0 aliphatic carbocycles. The molecule has 0 saturated heterocycles. The van der Waals surface area contributed by atoms with Gasteiger partial charge in [0.05, 0.1) is 12.5 Å². The highest BCUT2D eigenvalue weighted by atomic mass is 16.5. The molecule has 0 unspecified atom stereocenters. The van der Waals surface area contributed by atoms with Crippen LogP contribution >= 0.6 is 0 Å². The number of nitrogens with zero attached hydrogens (tertiary/aromatic N) is 2. The van der Waals surface area contributed by atoms with Crippen LogP contribution in [-0.2, 0) is 6.54 Å². The van der Waals surface area contributed by atoms with E-state index in [1.54, 1.807) is 6.33 Å². The second kappa shape index (κ2) is 6.89. The van der Waals surface area contributed by atoms with Crippen molar-refractivity contribution in [3.8, 4) is 11.6 Å². The van der Waals surface area contributed by atoms with Crippen molar-refractivity contribution in [1.29, 1.82) is 0 Å². The first-order chi connectivity index (χ1) is 14.1. The zero-order chi connectivity index (χ0) is 20.0. The van der Waals surface area contributed by atoms with Crippen molar-refractivity contribution in [1.82, 2.24) is 4.98 Å². The number of hydrogen-bond donors (Lipinski definition) is 1. The molecule has 0 bridgehead atoms. The molecule has 29 heavy (non-hydrogen) atoms. The van der Waals surface area contributed by atoms with E-state index in [-0.39, 0.29) is 5.92 Å². The van der Waals surface area contributed by atoms with Crippen molar-refractivity contribution in [2.45, 2.75) is 26.3 Å². The van der Waals surface area contributed by atoms with Crippen molar-refractivity contribution < 1.29 is 9.30 Å². The average molecular weight is 382 g/mol. The molecule has 5 rings (SSSR count). The van der Waals surface area contributed by atoms with Gasteiger partial charge in [-0.15, -0.1) is 0 Å². The summed E-state index contributed by atoms with van der Waals surface area (Å²) in [5.74, 6) is 2.64. The Bertz CT molecular complexity index is 1200. The molecule has 3 aromatic carbocycles. The molecule has 4 nitrogen and oxygen atoms in total. The molecule has 4 aromatic rings. The van der Waals surface area contributed by atoms with Gasteiger partial charge in [0.15, 0.2) is 0 Å². The van der Waals surface area contributed by atoms with E-state index in [1.165, 1.54) is 5.56 Å². The molecule has 4 heteroatoms. The number of aromatic nitrogens is 2. The summed E-state index contributed by atoms with van der Waals surface area (Å²) in [4.78, 5) is 4.68. The highest BCUT2D eigenvalue weighted by Crippen LogP contribution is 2.50. The summed E-state index contributed by atoms with van der Waals surface area (Å²) in [6, 6.07) is 23.1. The largest absolute Gasteiger partial charge is 0.425 e. The van der Waals surface area contributed by atoms with Crippen LogP contribution in [0.25, 0.3) is 10.8 Å². The summed E-state index contributed by atoms with van der Waals surface area (Å²) < 4.78 is 8.42. The predicted molar refractivity (Wildman–Crippen MR) is 115 cm³/mol. The number of anilines is 1. The van der Waals surface area contributed by atoms with E-state index in [0.29, 0.717) is 11.8 Å². The van der Waals surface area contributed by atoms with Gasteiger partial charge in [0.2, 0.25) is 12.1 Å². The van der Waals surface area contributed by atoms with Crippen LogP contribution in [0.5, 0.6) is 11.6 Å². The Kier molecular flexibility index (Phi) is 4.20. The quantitative estimate of drug-likeness (QED) is 0.445. The summed E-state index contributed by atoms with van der Waals surface area (Å²) in [5.41, 5.74) is 9.95. The maximum absolute atomic E-state index is 6.69. The second-order valence-corrected chi connectivity index (χ2v) is 8.05. The molecule has 144 valence electrons. The Morgan fingerprint density at radius 1 is 1.00 bits per heavy atom. The number of ether oxygens (including phenoxy) is 1. The van der Waals surface area contributed by atoms with Crippen LogP contribution in [0.1, 0.15) is 36.5 Å². The fourth-order valence-electron chi connectivity index (χ4n) is 4.25. The molecule has 2 heterocycles. The molecule has 0 spiro atoms.